The van der Waals surface area contributed by atoms with Gasteiger partial charge in [-0.2, -0.15) is 0 Å². The van der Waals surface area contributed by atoms with Crippen molar-refractivity contribution in [3.8, 4) is 0 Å². The number of nitrogens with zero attached hydrogens (tertiary/aromatic N) is 2. The average molecular weight is 404 g/mol. The first-order chi connectivity index (χ1) is 14.9. The molecule has 160 valence electrons. The maximum atomic E-state index is 2.48. The van der Waals surface area contributed by atoms with Gasteiger partial charge in [0.1, 0.15) is 18.9 Å². The molecule has 0 aliphatic rings. The van der Waals surface area contributed by atoms with E-state index in [1.54, 1.807) is 0 Å². The van der Waals surface area contributed by atoms with E-state index >= 15 is 0 Å². The van der Waals surface area contributed by atoms with E-state index < -0.39 is 0 Å². The number of unbranched alkanes of at least 4 members (excludes halogenated alkanes) is 8. The van der Waals surface area contributed by atoms with Crippen LogP contribution in [0.25, 0.3) is 0 Å². The highest BCUT2D eigenvalue weighted by atomic mass is 15.1. The van der Waals surface area contributed by atoms with Crippen molar-refractivity contribution < 1.29 is 4.57 Å². The Balaban J connectivity index is 1.55. The Morgan fingerprint density at radius 3 is 1.87 bits per heavy atom. The van der Waals surface area contributed by atoms with Gasteiger partial charge in [-0.25, -0.2) is 9.13 Å². The van der Waals surface area contributed by atoms with Crippen molar-refractivity contribution in [1.82, 2.24) is 4.57 Å². The van der Waals surface area contributed by atoms with Gasteiger partial charge in [-0.3, -0.25) is 0 Å². The molecule has 30 heavy (non-hydrogen) atoms. The van der Waals surface area contributed by atoms with Gasteiger partial charge < -0.3 is 0 Å². The Kier molecular flexibility index (Phi) is 9.72. The Morgan fingerprint density at radius 1 is 0.667 bits per heavy atom. The molecule has 2 heteroatoms. The molecule has 1 heterocycles. The van der Waals surface area contributed by atoms with Gasteiger partial charge in [0.25, 0.3) is 5.82 Å². The fourth-order valence-corrected chi connectivity index (χ4v) is 4.20. The van der Waals surface area contributed by atoms with Crippen molar-refractivity contribution in [2.45, 2.75) is 84.2 Å². The summed E-state index contributed by atoms with van der Waals surface area (Å²) in [7, 11) is 0. The van der Waals surface area contributed by atoms with Gasteiger partial charge in [-0.15, -0.1) is 0 Å². The van der Waals surface area contributed by atoms with Gasteiger partial charge in [0.15, 0.2) is 0 Å². The summed E-state index contributed by atoms with van der Waals surface area (Å²) in [5, 5.41) is 0. The minimum absolute atomic E-state index is 0.938. The van der Waals surface area contributed by atoms with Crippen LogP contribution in [0.4, 0.5) is 0 Å². The smallest absolute Gasteiger partial charge is 0.234 e. The van der Waals surface area contributed by atoms with Crippen LogP contribution in [0, 0.1) is 0 Å². The number of hydrogen-bond donors (Lipinski definition) is 0. The highest BCUT2D eigenvalue weighted by Crippen LogP contribution is 2.12. The molecule has 0 aliphatic heterocycles. The molecule has 3 aromatic rings. The number of aromatic nitrogens is 2. The normalized spacial score (nSPS) is 11.1. The van der Waals surface area contributed by atoms with Crippen molar-refractivity contribution in [3.05, 3.63) is 90.0 Å². The lowest BCUT2D eigenvalue weighted by Gasteiger charge is -2.07. The minimum atomic E-state index is 0.938. The van der Waals surface area contributed by atoms with Crippen molar-refractivity contribution in [3.63, 3.8) is 0 Å². The van der Waals surface area contributed by atoms with Gasteiger partial charge in [-0.1, -0.05) is 113 Å². The van der Waals surface area contributed by atoms with E-state index in [0.29, 0.717) is 0 Å². The fourth-order valence-electron chi connectivity index (χ4n) is 4.20. The van der Waals surface area contributed by atoms with E-state index in [0.717, 1.165) is 19.5 Å². The second kappa shape index (κ2) is 13.1. The van der Waals surface area contributed by atoms with Gasteiger partial charge in [0.2, 0.25) is 0 Å². The zero-order valence-corrected chi connectivity index (χ0v) is 18.8. The van der Waals surface area contributed by atoms with Crippen molar-refractivity contribution in [1.29, 1.82) is 0 Å². The van der Waals surface area contributed by atoms with Crippen molar-refractivity contribution in [2.75, 3.05) is 0 Å². The van der Waals surface area contributed by atoms with Crippen LogP contribution >= 0.6 is 0 Å². The molecular weight excluding hydrogens is 364 g/mol. The Bertz CT molecular complexity index is 820. The second-order valence-electron chi connectivity index (χ2n) is 8.51. The topological polar surface area (TPSA) is 8.81 Å². The summed E-state index contributed by atoms with van der Waals surface area (Å²) in [6, 6.07) is 21.7. The maximum absolute atomic E-state index is 2.48. The van der Waals surface area contributed by atoms with E-state index in [1.807, 2.05) is 0 Å². The molecule has 1 aromatic heterocycles. The lowest BCUT2D eigenvalue weighted by molar-refractivity contribution is -0.695. The summed E-state index contributed by atoms with van der Waals surface area (Å²) in [5.41, 5.74) is 2.74. The molecule has 3 rings (SSSR count). The molecule has 0 saturated carbocycles. The number of hydrogen-bond acceptors (Lipinski definition) is 0. The summed E-state index contributed by atoms with van der Waals surface area (Å²) in [6.07, 6.45) is 17.9. The molecule has 0 bridgehead atoms. The maximum Gasteiger partial charge on any atom is 0.261 e. The molecule has 2 aromatic carbocycles. The van der Waals surface area contributed by atoms with E-state index in [4.69, 9.17) is 0 Å². The molecule has 0 radical (unpaired) electrons. The zero-order valence-electron chi connectivity index (χ0n) is 18.8. The van der Waals surface area contributed by atoms with Gasteiger partial charge in [0.05, 0.1) is 13.0 Å². The van der Waals surface area contributed by atoms with Gasteiger partial charge in [-0.05, 0) is 24.0 Å². The molecule has 0 amide bonds. The summed E-state index contributed by atoms with van der Waals surface area (Å²) in [5.74, 6) is 1.41. The van der Waals surface area contributed by atoms with E-state index in [2.05, 4.69) is 89.1 Å². The predicted molar refractivity (Wildman–Crippen MR) is 127 cm³/mol. The summed E-state index contributed by atoms with van der Waals surface area (Å²) in [6.45, 7) is 4.35. The minimum Gasteiger partial charge on any atom is -0.234 e. The van der Waals surface area contributed by atoms with Crippen LogP contribution in [0.3, 0.4) is 0 Å². The summed E-state index contributed by atoms with van der Waals surface area (Å²) >= 11 is 0. The van der Waals surface area contributed by atoms with Crippen LogP contribution in [0.1, 0.15) is 81.7 Å². The van der Waals surface area contributed by atoms with Crippen molar-refractivity contribution in [2.24, 2.45) is 0 Å². The van der Waals surface area contributed by atoms with E-state index in [1.165, 1.54) is 74.7 Å². The molecular formula is C28H39N2+. The van der Waals surface area contributed by atoms with Crippen LogP contribution in [0.15, 0.2) is 73.1 Å². The Labute approximate surface area is 183 Å². The second-order valence-corrected chi connectivity index (χ2v) is 8.51. The third-order valence-electron chi connectivity index (χ3n) is 5.99. The number of rotatable bonds is 14. The Hall–Kier alpha value is -2.35. The monoisotopic (exact) mass is 403 g/mol. The van der Waals surface area contributed by atoms with Gasteiger partial charge in [0, 0.05) is 0 Å². The lowest BCUT2D eigenvalue weighted by atomic mass is 10.1. The number of imidazole rings is 1. The zero-order chi connectivity index (χ0) is 20.9. The quantitative estimate of drug-likeness (QED) is 0.203. The van der Waals surface area contributed by atoms with Crippen LogP contribution < -0.4 is 4.57 Å². The summed E-state index contributed by atoms with van der Waals surface area (Å²) in [4.78, 5) is 0. The first-order valence-electron chi connectivity index (χ1n) is 12.0. The molecule has 0 fully saturated rings. The standard InChI is InChI=1S/C28H39N2/c1-2-3-4-5-6-7-8-9-16-21-29-22-23-30(25-27-19-14-11-15-20-27)28(29)24-26-17-12-10-13-18-26/h10-15,17-20,22-23H,2-9,16,21,24-25H2,1H3/q+1. The van der Waals surface area contributed by atoms with Gasteiger partial charge >= 0.3 is 0 Å². The molecule has 0 spiro atoms. The van der Waals surface area contributed by atoms with Crippen molar-refractivity contribution >= 4 is 0 Å². The van der Waals surface area contributed by atoms with Crippen LogP contribution in [0.2, 0.25) is 0 Å². The third kappa shape index (κ3) is 7.48. The first-order valence-corrected chi connectivity index (χ1v) is 12.0. The molecule has 0 atom stereocenters. The molecule has 0 aliphatic carbocycles. The Morgan fingerprint density at radius 2 is 1.23 bits per heavy atom. The average Bonchev–Trinajstić information content (AvgIpc) is 3.15. The van der Waals surface area contributed by atoms with E-state index in [-0.39, 0.29) is 0 Å². The molecule has 0 unspecified atom stereocenters. The lowest BCUT2D eigenvalue weighted by Crippen LogP contribution is -2.38. The molecule has 0 saturated heterocycles. The van der Waals surface area contributed by atoms with Crippen LogP contribution in [-0.4, -0.2) is 4.57 Å². The largest absolute Gasteiger partial charge is 0.261 e. The predicted octanol–water partition coefficient (Wildman–Crippen LogP) is 6.95. The number of benzene rings is 2. The van der Waals surface area contributed by atoms with Crippen LogP contribution in [0.5, 0.6) is 0 Å². The van der Waals surface area contributed by atoms with E-state index in [9.17, 15) is 0 Å². The highest BCUT2D eigenvalue weighted by Gasteiger charge is 2.17. The summed E-state index contributed by atoms with van der Waals surface area (Å²) < 4.78 is 4.91. The van der Waals surface area contributed by atoms with Crippen LogP contribution in [-0.2, 0) is 19.5 Å². The number of aryl methyl sites for hydroxylation is 1. The fraction of sp³-hybridized carbons (Fsp3) is 0.464. The molecule has 2 nitrogen and oxygen atoms in total. The SMILES string of the molecule is CCCCCCCCCCCn1cc[n+](Cc2ccccc2)c1Cc1ccccc1. The molecule has 0 N–H and O–H groups in total. The first kappa shape index (κ1) is 22.3. The third-order valence-corrected chi connectivity index (χ3v) is 5.99. The highest BCUT2D eigenvalue weighted by molar-refractivity contribution is 5.18.